The third-order valence-electron chi connectivity index (χ3n) is 2.81. The van der Waals surface area contributed by atoms with Crippen molar-refractivity contribution >= 4 is 12.3 Å². The van der Waals surface area contributed by atoms with Crippen LogP contribution in [-0.2, 0) is 9.59 Å². The highest BCUT2D eigenvalue weighted by Crippen LogP contribution is 2.59. The van der Waals surface area contributed by atoms with Gasteiger partial charge in [0.15, 0.2) is 0 Å². The molecule has 0 spiro atoms. The third kappa shape index (κ3) is 1.64. The molecule has 0 heterocycles. The van der Waals surface area contributed by atoms with E-state index in [9.17, 15) is 9.59 Å². The van der Waals surface area contributed by atoms with Gasteiger partial charge in [-0.2, -0.15) is 0 Å². The van der Waals surface area contributed by atoms with E-state index in [2.05, 4.69) is 0 Å². The Kier molecular flexibility index (Phi) is 2.28. The van der Waals surface area contributed by atoms with E-state index in [1.54, 1.807) is 13.0 Å². The molecular formula is C10H14O3. The predicted molar refractivity (Wildman–Crippen MR) is 48.2 cm³/mol. The first kappa shape index (κ1) is 9.96. The highest BCUT2D eigenvalue weighted by molar-refractivity contribution is 5.78. The van der Waals surface area contributed by atoms with Gasteiger partial charge in [-0.15, -0.1) is 0 Å². The third-order valence-corrected chi connectivity index (χ3v) is 2.81. The summed E-state index contributed by atoms with van der Waals surface area (Å²) in [5, 5.41) is 8.83. The molecule has 3 heteroatoms. The van der Waals surface area contributed by atoms with Crippen molar-refractivity contribution in [3.63, 3.8) is 0 Å². The molecule has 1 fully saturated rings. The zero-order valence-corrected chi connectivity index (χ0v) is 8.07. The quantitative estimate of drug-likeness (QED) is 0.531. The monoisotopic (exact) mass is 182 g/mol. The molecule has 1 aliphatic carbocycles. The Hall–Kier alpha value is -1.12. The second kappa shape index (κ2) is 2.98. The Morgan fingerprint density at radius 1 is 1.46 bits per heavy atom. The summed E-state index contributed by atoms with van der Waals surface area (Å²) in [6.45, 7) is 5.51. The molecule has 72 valence electrons. The van der Waals surface area contributed by atoms with Crippen LogP contribution in [0.2, 0.25) is 0 Å². The van der Waals surface area contributed by atoms with Gasteiger partial charge in [0.1, 0.15) is 6.29 Å². The van der Waals surface area contributed by atoms with Gasteiger partial charge < -0.3 is 5.11 Å². The minimum atomic E-state index is -0.773. The van der Waals surface area contributed by atoms with Crippen LogP contribution in [0.25, 0.3) is 0 Å². The molecule has 0 aromatic heterocycles. The highest BCUT2D eigenvalue weighted by atomic mass is 16.4. The Labute approximate surface area is 77.4 Å². The van der Waals surface area contributed by atoms with E-state index >= 15 is 0 Å². The summed E-state index contributed by atoms with van der Waals surface area (Å²) in [6.07, 6.45) is 2.51. The molecule has 0 radical (unpaired) electrons. The van der Waals surface area contributed by atoms with Crippen LogP contribution >= 0.6 is 0 Å². The van der Waals surface area contributed by atoms with Crippen molar-refractivity contribution in [1.29, 1.82) is 0 Å². The van der Waals surface area contributed by atoms with Gasteiger partial charge in [-0.1, -0.05) is 19.9 Å². The van der Waals surface area contributed by atoms with Gasteiger partial charge in [-0.3, -0.25) is 9.59 Å². The van der Waals surface area contributed by atoms with E-state index in [1.165, 1.54) is 0 Å². The molecule has 0 saturated heterocycles. The lowest BCUT2D eigenvalue weighted by atomic mass is 10.1. The van der Waals surface area contributed by atoms with Gasteiger partial charge in [-0.25, -0.2) is 0 Å². The number of carbonyl (C=O) groups excluding carboxylic acids is 1. The molecule has 0 aromatic rings. The number of hydrogen-bond acceptors (Lipinski definition) is 2. The minimum absolute atomic E-state index is 0.00944. The van der Waals surface area contributed by atoms with Crippen LogP contribution in [0, 0.1) is 17.3 Å². The normalized spacial score (nSPS) is 31.2. The molecule has 0 aromatic carbocycles. The van der Waals surface area contributed by atoms with Gasteiger partial charge >= 0.3 is 5.97 Å². The molecule has 13 heavy (non-hydrogen) atoms. The van der Waals surface area contributed by atoms with Crippen molar-refractivity contribution < 1.29 is 14.7 Å². The van der Waals surface area contributed by atoms with Gasteiger partial charge in [0.25, 0.3) is 0 Å². The second-order valence-electron chi connectivity index (χ2n) is 4.19. The van der Waals surface area contributed by atoms with Crippen molar-refractivity contribution in [1.82, 2.24) is 0 Å². The summed E-state index contributed by atoms with van der Waals surface area (Å²) in [6, 6.07) is 0. The first-order chi connectivity index (χ1) is 5.91. The van der Waals surface area contributed by atoms with Gasteiger partial charge in [0.05, 0.1) is 5.92 Å². The van der Waals surface area contributed by atoms with Crippen LogP contribution in [0.5, 0.6) is 0 Å². The SMILES string of the molecule is C/C(C=O)=C\C1[C@@H](C(=O)O)C1(C)C. The van der Waals surface area contributed by atoms with Crippen LogP contribution in [-0.4, -0.2) is 17.4 Å². The summed E-state index contributed by atoms with van der Waals surface area (Å²) in [5.41, 5.74) is 0.414. The Morgan fingerprint density at radius 3 is 2.31 bits per heavy atom. The Balaban J connectivity index is 2.77. The van der Waals surface area contributed by atoms with Crippen molar-refractivity contribution in [3.8, 4) is 0 Å². The maximum Gasteiger partial charge on any atom is 0.307 e. The molecule has 2 atom stereocenters. The molecule has 3 nitrogen and oxygen atoms in total. The van der Waals surface area contributed by atoms with E-state index in [1.807, 2.05) is 13.8 Å². The van der Waals surface area contributed by atoms with Crippen LogP contribution < -0.4 is 0 Å². The fraction of sp³-hybridized carbons (Fsp3) is 0.600. The van der Waals surface area contributed by atoms with Crippen LogP contribution in [0.15, 0.2) is 11.6 Å². The number of carbonyl (C=O) groups is 2. The summed E-state index contributed by atoms with van der Waals surface area (Å²) in [5.74, 6) is -1.09. The minimum Gasteiger partial charge on any atom is -0.481 e. The standard InChI is InChI=1S/C10H14O3/c1-6(5-11)4-7-8(9(12)13)10(7,2)3/h4-5,7-8H,1-3H3,(H,12,13)/b6-4+/t7?,8-/m0/s1. The van der Waals surface area contributed by atoms with Crippen LogP contribution in [0.4, 0.5) is 0 Å². The average Bonchev–Trinajstić information content (AvgIpc) is 2.53. The van der Waals surface area contributed by atoms with Crippen molar-refractivity contribution in [2.45, 2.75) is 20.8 Å². The van der Waals surface area contributed by atoms with E-state index in [0.29, 0.717) is 5.57 Å². The molecule has 0 bridgehead atoms. The van der Waals surface area contributed by atoms with Crippen LogP contribution in [0.1, 0.15) is 20.8 Å². The summed E-state index contributed by atoms with van der Waals surface area (Å²) < 4.78 is 0. The van der Waals surface area contributed by atoms with E-state index in [4.69, 9.17) is 5.11 Å². The lowest BCUT2D eigenvalue weighted by Gasteiger charge is -1.96. The van der Waals surface area contributed by atoms with Gasteiger partial charge in [0, 0.05) is 0 Å². The molecular weight excluding hydrogens is 168 g/mol. The van der Waals surface area contributed by atoms with E-state index in [-0.39, 0.29) is 17.3 Å². The fourth-order valence-corrected chi connectivity index (χ4v) is 1.78. The van der Waals surface area contributed by atoms with Crippen molar-refractivity contribution in [2.75, 3.05) is 0 Å². The van der Waals surface area contributed by atoms with Crippen LogP contribution in [0.3, 0.4) is 0 Å². The van der Waals surface area contributed by atoms with Crippen molar-refractivity contribution in [3.05, 3.63) is 11.6 Å². The molecule has 1 N–H and O–H groups in total. The summed E-state index contributed by atoms with van der Waals surface area (Å²) in [4.78, 5) is 21.1. The number of allylic oxidation sites excluding steroid dienone is 2. The fourth-order valence-electron chi connectivity index (χ4n) is 1.78. The zero-order chi connectivity index (χ0) is 10.2. The number of carboxylic acid groups (broad SMARTS) is 1. The largest absolute Gasteiger partial charge is 0.481 e. The van der Waals surface area contributed by atoms with Gasteiger partial charge in [0.2, 0.25) is 0 Å². The smallest absolute Gasteiger partial charge is 0.307 e. The maximum absolute atomic E-state index is 10.7. The molecule has 0 aliphatic heterocycles. The average molecular weight is 182 g/mol. The second-order valence-corrected chi connectivity index (χ2v) is 4.19. The lowest BCUT2D eigenvalue weighted by Crippen LogP contribution is -2.03. The molecule has 1 rings (SSSR count). The first-order valence-electron chi connectivity index (χ1n) is 4.27. The van der Waals surface area contributed by atoms with Crippen molar-refractivity contribution in [2.24, 2.45) is 17.3 Å². The predicted octanol–water partition coefficient (Wildman–Crippen LogP) is 1.49. The Bertz CT molecular complexity index is 276. The number of aliphatic carboxylic acids is 1. The highest BCUT2D eigenvalue weighted by Gasteiger charge is 2.60. The van der Waals surface area contributed by atoms with E-state index in [0.717, 1.165) is 6.29 Å². The topological polar surface area (TPSA) is 54.4 Å². The summed E-state index contributed by atoms with van der Waals surface area (Å²) >= 11 is 0. The Morgan fingerprint density at radius 2 is 2.00 bits per heavy atom. The maximum atomic E-state index is 10.7. The van der Waals surface area contributed by atoms with E-state index < -0.39 is 5.97 Å². The zero-order valence-electron chi connectivity index (χ0n) is 8.07. The molecule has 1 saturated carbocycles. The first-order valence-corrected chi connectivity index (χ1v) is 4.27. The molecule has 1 aliphatic rings. The summed E-state index contributed by atoms with van der Waals surface area (Å²) in [7, 11) is 0. The molecule has 0 amide bonds. The lowest BCUT2D eigenvalue weighted by molar-refractivity contribution is -0.139. The number of rotatable bonds is 3. The van der Waals surface area contributed by atoms with Gasteiger partial charge in [-0.05, 0) is 23.8 Å². The molecule has 1 unspecified atom stereocenters. The number of carboxylic acids is 1. The number of aldehydes is 1. The number of hydrogen-bond donors (Lipinski definition) is 1.